The van der Waals surface area contributed by atoms with Gasteiger partial charge in [-0.15, -0.1) is 35.3 Å². The second kappa shape index (κ2) is 12.3. The van der Waals surface area contributed by atoms with Crippen molar-refractivity contribution in [3.05, 3.63) is 45.8 Å². The van der Waals surface area contributed by atoms with Gasteiger partial charge in [0.25, 0.3) is 0 Å². The number of aliphatic imine (C=N–C) groups is 1. The summed E-state index contributed by atoms with van der Waals surface area (Å²) in [5.41, 5.74) is 1.20. The molecule has 0 bridgehead atoms. The van der Waals surface area contributed by atoms with Gasteiger partial charge < -0.3 is 15.5 Å². The van der Waals surface area contributed by atoms with E-state index in [0.717, 1.165) is 38.0 Å². The Balaban J connectivity index is 0.00000280. The summed E-state index contributed by atoms with van der Waals surface area (Å²) >= 11 is 1.82. The van der Waals surface area contributed by atoms with E-state index in [1.807, 2.05) is 17.5 Å². The van der Waals surface area contributed by atoms with E-state index in [0.29, 0.717) is 6.54 Å². The second-order valence-electron chi connectivity index (χ2n) is 6.98. The summed E-state index contributed by atoms with van der Waals surface area (Å²) in [4.78, 5) is 14.4. The second-order valence-corrected chi connectivity index (χ2v) is 8.36. The number of aromatic nitrogens is 1. The molecule has 3 rings (SSSR count). The van der Waals surface area contributed by atoms with E-state index < -0.39 is 0 Å². The van der Waals surface area contributed by atoms with Gasteiger partial charge in [0.2, 0.25) is 0 Å². The van der Waals surface area contributed by atoms with Crippen LogP contribution in [0.2, 0.25) is 0 Å². The van der Waals surface area contributed by atoms with Crippen LogP contribution in [0, 0.1) is 6.92 Å². The Morgan fingerprint density at radius 3 is 2.61 bits per heavy atom. The fourth-order valence-corrected chi connectivity index (χ4v) is 4.12. The molecule has 2 aromatic heterocycles. The van der Waals surface area contributed by atoms with Gasteiger partial charge in [0.15, 0.2) is 5.96 Å². The van der Waals surface area contributed by atoms with Crippen molar-refractivity contribution >= 4 is 47.1 Å². The van der Waals surface area contributed by atoms with Crippen molar-refractivity contribution in [2.24, 2.45) is 4.99 Å². The highest BCUT2D eigenvalue weighted by Crippen LogP contribution is 2.18. The molecule has 0 radical (unpaired) electrons. The van der Waals surface area contributed by atoms with Gasteiger partial charge in [0.1, 0.15) is 5.82 Å². The summed E-state index contributed by atoms with van der Waals surface area (Å²) in [6, 6.07) is 8.60. The zero-order valence-electron chi connectivity index (χ0n) is 16.9. The van der Waals surface area contributed by atoms with Crippen molar-refractivity contribution in [1.29, 1.82) is 0 Å². The number of pyridine rings is 1. The van der Waals surface area contributed by atoms with Crippen LogP contribution in [0.15, 0.2) is 35.5 Å². The monoisotopic (exact) mass is 513 g/mol. The van der Waals surface area contributed by atoms with Crippen LogP contribution in [0.3, 0.4) is 0 Å². The third kappa shape index (κ3) is 7.24. The van der Waals surface area contributed by atoms with Crippen LogP contribution in [0.25, 0.3) is 0 Å². The maximum absolute atomic E-state index is 4.76. The predicted molar refractivity (Wildman–Crippen MR) is 131 cm³/mol. The Labute approximate surface area is 190 Å². The fourth-order valence-electron chi connectivity index (χ4n) is 3.29. The lowest BCUT2D eigenvalue weighted by Gasteiger charge is -2.21. The van der Waals surface area contributed by atoms with E-state index in [-0.39, 0.29) is 24.0 Å². The third-order valence-corrected chi connectivity index (χ3v) is 5.73. The van der Waals surface area contributed by atoms with Crippen LogP contribution >= 0.6 is 35.3 Å². The minimum absolute atomic E-state index is 0. The molecule has 7 heteroatoms. The van der Waals surface area contributed by atoms with Crippen molar-refractivity contribution in [2.75, 3.05) is 24.5 Å². The zero-order chi connectivity index (χ0) is 18.9. The van der Waals surface area contributed by atoms with Crippen molar-refractivity contribution in [3.63, 3.8) is 0 Å². The number of aryl methyl sites for hydroxylation is 1. The van der Waals surface area contributed by atoms with Crippen LogP contribution in [0.4, 0.5) is 5.82 Å². The molecule has 0 saturated carbocycles. The summed E-state index contributed by atoms with van der Waals surface area (Å²) in [6.45, 7) is 8.77. The van der Waals surface area contributed by atoms with Crippen molar-refractivity contribution in [3.8, 4) is 0 Å². The number of hydrogen-bond donors (Lipinski definition) is 2. The van der Waals surface area contributed by atoms with Crippen molar-refractivity contribution in [1.82, 2.24) is 15.6 Å². The predicted octanol–water partition coefficient (Wildman–Crippen LogP) is 4.71. The fraction of sp³-hybridized carbons (Fsp3) is 0.524. The van der Waals surface area contributed by atoms with E-state index >= 15 is 0 Å². The molecule has 1 fully saturated rings. The molecule has 1 aliphatic heterocycles. The standard InChI is InChI=1S/C21H31N5S.HI/c1-3-22-21(25-16-19-9-8-17(2)27-19)24-15-18-10-11-23-20(14-18)26-12-6-4-5-7-13-26;/h8-11,14H,3-7,12-13,15-16H2,1-2H3,(H2,22,24,25);1H. The average molecular weight is 513 g/mol. The lowest BCUT2D eigenvalue weighted by Crippen LogP contribution is -2.36. The van der Waals surface area contributed by atoms with Gasteiger partial charge in [0.05, 0.1) is 13.1 Å². The molecule has 2 N–H and O–H groups in total. The minimum Gasteiger partial charge on any atom is -0.357 e. The highest BCUT2D eigenvalue weighted by atomic mass is 127. The smallest absolute Gasteiger partial charge is 0.191 e. The number of rotatable bonds is 6. The largest absolute Gasteiger partial charge is 0.357 e. The molecular formula is C21H32IN5S. The molecule has 3 heterocycles. The molecule has 1 aliphatic rings. The van der Waals surface area contributed by atoms with Crippen LogP contribution in [0.1, 0.15) is 47.9 Å². The highest BCUT2D eigenvalue weighted by molar-refractivity contribution is 14.0. The van der Waals surface area contributed by atoms with E-state index in [1.165, 1.54) is 41.0 Å². The quantitative estimate of drug-likeness (QED) is 0.334. The van der Waals surface area contributed by atoms with Crippen molar-refractivity contribution in [2.45, 2.75) is 52.6 Å². The molecule has 0 unspecified atom stereocenters. The number of guanidine groups is 1. The molecule has 1 saturated heterocycles. The van der Waals surface area contributed by atoms with Crippen LogP contribution in [-0.4, -0.2) is 30.6 Å². The topological polar surface area (TPSA) is 52.6 Å². The number of halogens is 1. The van der Waals surface area contributed by atoms with Crippen molar-refractivity contribution < 1.29 is 0 Å². The van der Waals surface area contributed by atoms with Crippen LogP contribution < -0.4 is 15.5 Å². The third-order valence-electron chi connectivity index (χ3n) is 4.73. The molecule has 2 aromatic rings. The summed E-state index contributed by atoms with van der Waals surface area (Å²) in [6.07, 6.45) is 7.12. The molecule has 0 amide bonds. The van der Waals surface area contributed by atoms with Crippen LogP contribution in [-0.2, 0) is 13.1 Å². The summed E-state index contributed by atoms with van der Waals surface area (Å²) in [5, 5.41) is 6.76. The summed E-state index contributed by atoms with van der Waals surface area (Å²) in [5.74, 6) is 1.95. The molecule has 0 aliphatic carbocycles. The molecule has 5 nitrogen and oxygen atoms in total. The van der Waals surface area contributed by atoms with Gasteiger partial charge in [-0.2, -0.15) is 0 Å². The first kappa shape index (κ1) is 22.9. The average Bonchev–Trinajstić information content (AvgIpc) is 2.93. The van der Waals surface area contributed by atoms with E-state index in [2.05, 4.69) is 58.6 Å². The molecule has 0 spiro atoms. The van der Waals surface area contributed by atoms with Gasteiger partial charge in [-0.1, -0.05) is 12.8 Å². The number of nitrogens with zero attached hydrogens (tertiary/aromatic N) is 3. The molecule has 0 aromatic carbocycles. The SMILES string of the molecule is CCNC(=NCc1ccnc(N2CCCCCC2)c1)NCc1ccc(C)s1.I. The van der Waals surface area contributed by atoms with Gasteiger partial charge >= 0.3 is 0 Å². The molecule has 0 atom stereocenters. The highest BCUT2D eigenvalue weighted by Gasteiger charge is 2.11. The van der Waals surface area contributed by atoms with Crippen LogP contribution in [0.5, 0.6) is 0 Å². The van der Waals surface area contributed by atoms with E-state index in [1.54, 1.807) is 0 Å². The van der Waals surface area contributed by atoms with E-state index in [4.69, 9.17) is 4.99 Å². The number of hydrogen-bond acceptors (Lipinski definition) is 4. The summed E-state index contributed by atoms with van der Waals surface area (Å²) < 4.78 is 0. The Kier molecular flexibility index (Phi) is 10.0. The Bertz CT molecular complexity index is 738. The molecule has 154 valence electrons. The normalized spacial score (nSPS) is 14.9. The maximum Gasteiger partial charge on any atom is 0.191 e. The first-order valence-electron chi connectivity index (χ1n) is 10.0. The van der Waals surface area contributed by atoms with Gasteiger partial charge in [-0.3, -0.25) is 0 Å². The number of thiophene rings is 1. The van der Waals surface area contributed by atoms with Gasteiger partial charge in [-0.05, 0) is 56.5 Å². The lowest BCUT2D eigenvalue weighted by molar-refractivity contribution is 0.726. The van der Waals surface area contributed by atoms with Gasteiger partial charge in [-0.25, -0.2) is 9.98 Å². The summed E-state index contributed by atoms with van der Waals surface area (Å²) in [7, 11) is 0. The number of anilines is 1. The molecule has 28 heavy (non-hydrogen) atoms. The minimum atomic E-state index is 0. The van der Waals surface area contributed by atoms with E-state index in [9.17, 15) is 0 Å². The Morgan fingerprint density at radius 1 is 1.14 bits per heavy atom. The Hall–Kier alpha value is -1.35. The lowest BCUT2D eigenvalue weighted by atomic mass is 10.2. The molecular weight excluding hydrogens is 481 g/mol. The first-order chi connectivity index (χ1) is 13.2. The van der Waals surface area contributed by atoms with Gasteiger partial charge in [0, 0.05) is 35.6 Å². The number of nitrogens with one attached hydrogen (secondary N) is 2. The Morgan fingerprint density at radius 2 is 1.93 bits per heavy atom. The first-order valence-corrected chi connectivity index (χ1v) is 10.8. The maximum atomic E-state index is 4.76. The zero-order valence-corrected chi connectivity index (χ0v) is 20.1.